The van der Waals surface area contributed by atoms with Crippen molar-refractivity contribution < 1.29 is 4.74 Å². The van der Waals surface area contributed by atoms with Crippen LogP contribution in [0.1, 0.15) is 12.5 Å². The summed E-state index contributed by atoms with van der Waals surface area (Å²) >= 11 is 5.48. The summed E-state index contributed by atoms with van der Waals surface area (Å²) in [5, 5.41) is 0. The lowest BCUT2D eigenvalue weighted by Gasteiger charge is -2.32. The molecule has 1 saturated heterocycles. The van der Waals surface area contributed by atoms with Crippen LogP contribution in [0.25, 0.3) is 11.0 Å². The number of nitrogens with zero attached hydrogens (tertiary/aromatic N) is 2. The number of aryl methyl sites for hydroxylation is 1. The molecule has 1 unspecified atom stereocenters. The van der Waals surface area contributed by atoms with E-state index in [1.54, 1.807) is 0 Å². The summed E-state index contributed by atoms with van der Waals surface area (Å²) in [7, 11) is 0. The van der Waals surface area contributed by atoms with E-state index >= 15 is 0 Å². The van der Waals surface area contributed by atoms with Crippen molar-refractivity contribution in [3.8, 4) is 0 Å². The van der Waals surface area contributed by atoms with Gasteiger partial charge in [-0.1, -0.05) is 19.1 Å². The maximum Gasteiger partial charge on any atom is 0.178 e. The van der Waals surface area contributed by atoms with E-state index in [0.717, 1.165) is 43.1 Å². The molecule has 1 fully saturated rings. The number of benzene rings is 1. The second-order valence-electron chi connectivity index (χ2n) is 5.40. The van der Waals surface area contributed by atoms with E-state index < -0.39 is 0 Å². The summed E-state index contributed by atoms with van der Waals surface area (Å²) in [6.45, 7) is 9.03. The summed E-state index contributed by atoms with van der Waals surface area (Å²) in [6, 6.07) is 6.31. The lowest BCUT2D eigenvalue weighted by molar-refractivity contribution is -0.0339. The first-order valence-corrected chi connectivity index (χ1v) is 7.62. The summed E-state index contributed by atoms with van der Waals surface area (Å²) in [5.41, 5.74) is 3.54. The van der Waals surface area contributed by atoms with Crippen LogP contribution in [0.3, 0.4) is 0 Å². The summed E-state index contributed by atoms with van der Waals surface area (Å²) in [4.78, 5) is 5.75. The molecule has 0 spiro atoms. The number of aromatic amines is 1. The number of imidazole rings is 1. The maximum absolute atomic E-state index is 5.89. The molecule has 0 amide bonds. The molecule has 0 bridgehead atoms. The molecule has 1 aromatic carbocycles. The number of morpholine rings is 1. The molecular formula is C15H21N3OS. The van der Waals surface area contributed by atoms with Gasteiger partial charge in [-0.05, 0) is 37.3 Å². The molecule has 1 aliphatic heterocycles. The average molecular weight is 291 g/mol. The highest BCUT2D eigenvalue weighted by Gasteiger charge is 2.20. The smallest absolute Gasteiger partial charge is 0.178 e. The summed E-state index contributed by atoms with van der Waals surface area (Å²) in [6.07, 6.45) is 0.218. The number of para-hydroxylation sites is 1. The molecule has 3 rings (SSSR count). The van der Waals surface area contributed by atoms with Crippen molar-refractivity contribution in [2.45, 2.75) is 26.5 Å². The van der Waals surface area contributed by atoms with Crippen LogP contribution < -0.4 is 0 Å². The molecule has 0 aliphatic carbocycles. The van der Waals surface area contributed by atoms with Crippen molar-refractivity contribution in [2.75, 3.05) is 26.2 Å². The van der Waals surface area contributed by atoms with Crippen molar-refractivity contribution in [1.29, 1.82) is 0 Å². The quantitative estimate of drug-likeness (QED) is 0.883. The molecule has 2 heterocycles. The Balaban J connectivity index is 1.89. The molecule has 1 aromatic heterocycles. The third-order valence-electron chi connectivity index (χ3n) is 4.08. The number of hydrogen-bond acceptors (Lipinski definition) is 3. The molecule has 1 N–H and O–H groups in total. The van der Waals surface area contributed by atoms with Crippen LogP contribution in [-0.4, -0.2) is 46.8 Å². The Bertz CT molecular complexity index is 661. The molecule has 0 saturated carbocycles. The molecule has 4 nitrogen and oxygen atoms in total. The van der Waals surface area contributed by atoms with E-state index in [0.29, 0.717) is 0 Å². The van der Waals surface area contributed by atoms with Gasteiger partial charge in [-0.15, -0.1) is 0 Å². The number of H-pyrrole nitrogens is 1. The molecular weight excluding hydrogens is 270 g/mol. The summed E-state index contributed by atoms with van der Waals surface area (Å²) < 4.78 is 8.85. The number of hydrogen-bond donors (Lipinski definition) is 1. The van der Waals surface area contributed by atoms with E-state index in [2.05, 4.69) is 46.5 Å². The Hall–Kier alpha value is -1.17. The van der Waals surface area contributed by atoms with E-state index in [1.165, 1.54) is 11.1 Å². The van der Waals surface area contributed by atoms with Gasteiger partial charge in [-0.25, -0.2) is 0 Å². The predicted octanol–water partition coefficient (Wildman–Crippen LogP) is 2.73. The van der Waals surface area contributed by atoms with Crippen LogP contribution >= 0.6 is 12.2 Å². The minimum Gasteiger partial charge on any atom is -0.374 e. The molecule has 1 aliphatic rings. The molecule has 5 heteroatoms. The molecule has 1 atom stereocenters. The van der Waals surface area contributed by atoms with Gasteiger partial charge in [0.2, 0.25) is 0 Å². The Morgan fingerprint density at radius 2 is 2.30 bits per heavy atom. The molecule has 0 radical (unpaired) electrons. The average Bonchev–Trinajstić information content (AvgIpc) is 2.78. The highest BCUT2D eigenvalue weighted by Crippen LogP contribution is 2.19. The van der Waals surface area contributed by atoms with Gasteiger partial charge < -0.3 is 14.3 Å². The molecule has 2 aromatic rings. The Kier molecular flexibility index (Phi) is 3.92. The SMILES string of the molecule is CCN1CCOC(Cn2c(=S)[nH]c3c(C)cccc32)C1. The van der Waals surface area contributed by atoms with Crippen molar-refractivity contribution in [3.05, 3.63) is 28.5 Å². The number of rotatable bonds is 3. The van der Waals surface area contributed by atoms with Crippen LogP contribution in [0.5, 0.6) is 0 Å². The van der Waals surface area contributed by atoms with Crippen LogP contribution in [0.2, 0.25) is 0 Å². The third-order valence-corrected chi connectivity index (χ3v) is 4.40. The standard InChI is InChI=1S/C15H21N3OS/c1-3-17-7-8-19-12(9-17)10-18-13-6-4-5-11(2)14(13)16-15(18)20/h4-6,12H,3,7-10H2,1-2H3,(H,16,20). The van der Waals surface area contributed by atoms with Gasteiger partial charge in [0.15, 0.2) is 4.77 Å². The van der Waals surface area contributed by atoms with Crippen LogP contribution in [0.4, 0.5) is 0 Å². The highest BCUT2D eigenvalue weighted by atomic mass is 32.1. The van der Waals surface area contributed by atoms with E-state index in [4.69, 9.17) is 17.0 Å². The first kappa shape index (κ1) is 13.8. The Labute approximate surface area is 124 Å². The largest absolute Gasteiger partial charge is 0.374 e. The normalized spacial score (nSPS) is 20.6. The number of likely N-dealkylation sites (N-methyl/N-ethyl adjacent to an activating group) is 1. The van der Waals surface area contributed by atoms with Gasteiger partial charge in [0, 0.05) is 13.1 Å². The van der Waals surface area contributed by atoms with Gasteiger partial charge in [0.05, 0.1) is 30.3 Å². The van der Waals surface area contributed by atoms with E-state index in [9.17, 15) is 0 Å². The van der Waals surface area contributed by atoms with Crippen LogP contribution in [-0.2, 0) is 11.3 Å². The van der Waals surface area contributed by atoms with Gasteiger partial charge in [0.1, 0.15) is 0 Å². The van der Waals surface area contributed by atoms with Crippen LogP contribution in [0, 0.1) is 11.7 Å². The van der Waals surface area contributed by atoms with Gasteiger partial charge in [-0.3, -0.25) is 4.90 Å². The summed E-state index contributed by atoms with van der Waals surface area (Å²) in [5.74, 6) is 0. The van der Waals surface area contributed by atoms with Gasteiger partial charge in [-0.2, -0.15) is 0 Å². The third kappa shape index (κ3) is 2.53. The zero-order valence-electron chi connectivity index (χ0n) is 12.1. The number of aromatic nitrogens is 2. The topological polar surface area (TPSA) is 33.2 Å². The monoisotopic (exact) mass is 291 g/mol. The van der Waals surface area contributed by atoms with Crippen LogP contribution in [0.15, 0.2) is 18.2 Å². The van der Waals surface area contributed by atoms with Crippen molar-refractivity contribution in [1.82, 2.24) is 14.5 Å². The number of ether oxygens (including phenoxy) is 1. The Morgan fingerprint density at radius 1 is 1.45 bits per heavy atom. The number of nitrogens with one attached hydrogen (secondary N) is 1. The fourth-order valence-electron chi connectivity index (χ4n) is 2.89. The minimum absolute atomic E-state index is 0.218. The van der Waals surface area contributed by atoms with Crippen molar-refractivity contribution >= 4 is 23.3 Å². The second-order valence-corrected chi connectivity index (χ2v) is 5.78. The van der Waals surface area contributed by atoms with E-state index in [1.807, 2.05) is 0 Å². The van der Waals surface area contributed by atoms with Crippen molar-refractivity contribution in [3.63, 3.8) is 0 Å². The number of fused-ring (bicyclic) bond motifs is 1. The van der Waals surface area contributed by atoms with Gasteiger partial charge >= 0.3 is 0 Å². The predicted molar refractivity (Wildman–Crippen MR) is 83.7 cm³/mol. The first-order chi connectivity index (χ1) is 9.69. The first-order valence-electron chi connectivity index (χ1n) is 7.21. The molecule has 108 valence electrons. The lowest BCUT2D eigenvalue weighted by atomic mass is 10.2. The van der Waals surface area contributed by atoms with Crippen molar-refractivity contribution in [2.24, 2.45) is 0 Å². The zero-order valence-corrected chi connectivity index (χ0v) is 12.9. The van der Waals surface area contributed by atoms with E-state index in [-0.39, 0.29) is 6.10 Å². The maximum atomic E-state index is 5.89. The highest BCUT2D eigenvalue weighted by molar-refractivity contribution is 7.71. The lowest BCUT2D eigenvalue weighted by Crippen LogP contribution is -2.43. The fourth-order valence-corrected chi connectivity index (χ4v) is 3.16. The minimum atomic E-state index is 0.218. The fraction of sp³-hybridized carbons (Fsp3) is 0.533. The second kappa shape index (κ2) is 5.68. The zero-order chi connectivity index (χ0) is 14.1. The Morgan fingerprint density at radius 3 is 3.10 bits per heavy atom. The molecule has 20 heavy (non-hydrogen) atoms. The van der Waals surface area contributed by atoms with Gasteiger partial charge in [0.25, 0.3) is 0 Å².